The number of hydrogen-bond acceptors (Lipinski definition) is 3. The van der Waals surface area contributed by atoms with Gasteiger partial charge in [0.1, 0.15) is 14.1 Å². The Morgan fingerprint density at radius 1 is 0.806 bits per heavy atom. The van der Waals surface area contributed by atoms with Crippen LogP contribution in [0, 0.1) is 0 Å². The first kappa shape index (κ1) is 21.1. The maximum Gasteiger partial charge on any atom is 0.199 e. The zero-order chi connectivity index (χ0) is 21.8. The van der Waals surface area contributed by atoms with Crippen molar-refractivity contribution in [3.63, 3.8) is 0 Å². The molecule has 0 radical (unpaired) electrons. The lowest BCUT2D eigenvalue weighted by Crippen LogP contribution is -2.43. The highest BCUT2D eigenvalue weighted by molar-refractivity contribution is 6.04. The van der Waals surface area contributed by atoms with Gasteiger partial charge in [0, 0.05) is 63.8 Å². The number of hydrogen-bond donors (Lipinski definition) is 1. The lowest BCUT2D eigenvalue weighted by atomic mass is 9.90. The Hall–Kier alpha value is -3.11. The number of piperazine rings is 1. The molecule has 4 rings (SSSR count). The van der Waals surface area contributed by atoms with Crippen molar-refractivity contribution >= 4 is 22.7 Å². The lowest BCUT2D eigenvalue weighted by molar-refractivity contribution is -0.462. The second kappa shape index (κ2) is 9.36. The van der Waals surface area contributed by atoms with Gasteiger partial charge >= 0.3 is 0 Å². The van der Waals surface area contributed by atoms with Crippen molar-refractivity contribution in [3.8, 4) is 0 Å². The zero-order valence-electron chi connectivity index (χ0n) is 19.1. The van der Waals surface area contributed by atoms with Crippen molar-refractivity contribution in [1.82, 2.24) is 5.32 Å². The van der Waals surface area contributed by atoms with Gasteiger partial charge in [-0.1, -0.05) is 24.3 Å². The first-order valence-corrected chi connectivity index (χ1v) is 11.0. The molecule has 0 aromatic heterocycles. The second-order valence-corrected chi connectivity index (χ2v) is 8.54. The van der Waals surface area contributed by atoms with Crippen LogP contribution < -0.4 is 15.1 Å². The molecule has 1 saturated heterocycles. The molecule has 2 aromatic rings. The third-order valence-electron chi connectivity index (χ3n) is 5.98. The van der Waals surface area contributed by atoms with E-state index in [2.05, 4.69) is 121 Å². The molecule has 1 aliphatic heterocycles. The summed E-state index contributed by atoms with van der Waals surface area (Å²) in [7, 11) is 8.31. The van der Waals surface area contributed by atoms with Gasteiger partial charge in [0.25, 0.3) is 0 Å². The number of anilines is 2. The third kappa shape index (κ3) is 4.80. The van der Waals surface area contributed by atoms with Crippen LogP contribution in [0.15, 0.2) is 78.4 Å². The van der Waals surface area contributed by atoms with E-state index in [-0.39, 0.29) is 0 Å². The largest absolute Gasteiger partial charge is 0.378 e. The highest BCUT2D eigenvalue weighted by Gasteiger charge is 2.15. The van der Waals surface area contributed by atoms with Gasteiger partial charge in [-0.05, 0) is 58.7 Å². The summed E-state index contributed by atoms with van der Waals surface area (Å²) in [5.74, 6) is 0. The summed E-state index contributed by atoms with van der Waals surface area (Å²) in [6.07, 6.45) is 8.85. The fourth-order valence-corrected chi connectivity index (χ4v) is 4.11. The standard InChI is InChI=1S/C27H33N4/c1-29(2)24-11-5-21(6-12-24)27(22-7-13-25(14-8-22)30(3)4)23-9-15-26(16-10-23)31-19-17-28-18-20-31/h5-16,28H,17-20H2,1-4H3/q+1. The summed E-state index contributed by atoms with van der Waals surface area (Å²) in [5.41, 5.74) is 8.70. The Balaban J connectivity index is 1.74. The second-order valence-electron chi connectivity index (χ2n) is 8.54. The SMILES string of the molecule is CN(C)c1ccc(C(=C2C=CC(=[N+](C)C)C=C2)c2ccc(N3CCNCC3)cc2)cc1. The number of nitrogens with one attached hydrogen (secondary N) is 1. The van der Waals surface area contributed by atoms with Gasteiger partial charge in [0.15, 0.2) is 5.71 Å². The quantitative estimate of drug-likeness (QED) is 0.771. The molecule has 31 heavy (non-hydrogen) atoms. The fraction of sp³-hybridized carbons (Fsp3) is 0.296. The molecule has 0 amide bonds. The first-order chi connectivity index (χ1) is 15.0. The molecule has 2 aromatic carbocycles. The maximum atomic E-state index is 3.43. The molecule has 2 aliphatic rings. The highest BCUT2D eigenvalue weighted by atomic mass is 15.2. The molecule has 1 fully saturated rings. The molecular formula is C27H33N4+. The summed E-state index contributed by atoms with van der Waals surface area (Å²) in [5, 5.41) is 3.43. The molecule has 1 aliphatic carbocycles. The average Bonchev–Trinajstić information content (AvgIpc) is 2.81. The van der Waals surface area contributed by atoms with Crippen LogP contribution in [0.3, 0.4) is 0 Å². The normalized spacial score (nSPS) is 15.9. The molecule has 160 valence electrons. The van der Waals surface area contributed by atoms with E-state index in [4.69, 9.17) is 0 Å². The monoisotopic (exact) mass is 413 g/mol. The molecule has 0 bridgehead atoms. The summed E-state index contributed by atoms with van der Waals surface area (Å²) in [6.45, 7) is 4.23. The molecular weight excluding hydrogens is 380 g/mol. The molecule has 0 saturated carbocycles. The minimum absolute atomic E-state index is 1.05. The van der Waals surface area contributed by atoms with Crippen molar-refractivity contribution in [2.24, 2.45) is 0 Å². The number of nitrogens with zero attached hydrogens (tertiary/aromatic N) is 3. The van der Waals surface area contributed by atoms with Gasteiger partial charge in [0.05, 0.1) is 0 Å². The van der Waals surface area contributed by atoms with Crippen molar-refractivity contribution < 1.29 is 4.58 Å². The van der Waals surface area contributed by atoms with E-state index in [0.29, 0.717) is 0 Å². The Morgan fingerprint density at radius 2 is 1.35 bits per heavy atom. The summed E-state index contributed by atoms with van der Waals surface area (Å²) < 4.78 is 2.14. The molecule has 1 N–H and O–H groups in total. The van der Waals surface area contributed by atoms with Crippen LogP contribution in [-0.2, 0) is 0 Å². The zero-order valence-corrected chi connectivity index (χ0v) is 19.1. The van der Waals surface area contributed by atoms with Crippen LogP contribution in [0.5, 0.6) is 0 Å². The smallest absolute Gasteiger partial charge is 0.199 e. The van der Waals surface area contributed by atoms with Gasteiger partial charge < -0.3 is 15.1 Å². The van der Waals surface area contributed by atoms with Crippen LogP contribution >= 0.6 is 0 Å². The first-order valence-electron chi connectivity index (χ1n) is 11.0. The van der Waals surface area contributed by atoms with Gasteiger partial charge in [-0.25, -0.2) is 4.58 Å². The number of allylic oxidation sites excluding steroid dienone is 5. The molecule has 0 atom stereocenters. The van der Waals surface area contributed by atoms with E-state index in [1.807, 2.05) is 0 Å². The molecule has 1 heterocycles. The Kier molecular flexibility index (Phi) is 6.38. The van der Waals surface area contributed by atoms with E-state index in [1.54, 1.807) is 0 Å². The van der Waals surface area contributed by atoms with Crippen LogP contribution in [0.4, 0.5) is 11.4 Å². The third-order valence-corrected chi connectivity index (χ3v) is 5.98. The van der Waals surface area contributed by atoms with Gasteiger partial charge in [0.2, 0.25) is 0 Å². The summed E-state index contributed by atoms with van der Waals surface area (Å²) >= 11 is 0. The average molecular weight is 414 g/mol. The predicted molar refractivity (Wildman–Crippen MR) is 134 cm³/mol. The number of rotatable bonds is 4. The van der Waals surface area contributed by atoms with Crippen molar-refractivity contribution in [2.75, 3.05) is 64.2 Å². The summed E-state index contributed by atoms with van der Waals surface area (Å²) in [6, 6.07) is 17.9. The number of benzene rings is 2. The highest BCUT2D eigenvalue weighted by Crippen LogP contribution is 2.32. The lowest BCUT2D eigenvalue weighted by Gasteiger charge is -2.29. The van der Waals surface area contributed by atoms with E-state index in [9.17, 15) is 0 Å². The Labute approximate surface area is 186 Å². The van der Waals surface area contributed by atoms with Crippen molar-refractivity contribution in [3.05, 3.63) is 89.5 Å². The van der Waals surface area contributed by atoms with Crippen LogP contribution in [-0.4, -0.2) is 64.7 Å². The Bertz CT molecular complexity index is 1010. The van der Waals surface area contributed by atoms with Crippen LogP contribution in [0.25, 0.3) is 5.57 Å². The molecule has 0 spiro atoms. The minimum atomic E-state index is 1.05. The van der Waals surface area contributed by atoms with Crippen LogP contribution in [0.2, 0.25) is 0 Å². The molecule has 4 nitrogen and oxygen atoms in total. The van der Waals surface area contributed by atoms with Crippen molar-refractivity contribution in [1.29, 1.82) is 0 Å². The van der Waals surface area contributed by atoms with Gasteiger partial charge in [-0.15, -0.1) is 0 Å². The topological polar surface area (TPSA) is 21.5 Å². The summed E-state index contributed by atoms with van der Waals surface area (Å²) in [4.78, 5) is 4.59. The predicted octanol–water partition coefficient (Wildman–Crippen LogP) is 3.80. The van der Waals surface area contributed by atoms with Gasteiger partial charge in [-0.3, -0.25) is 0 Å². The van der Waals surface area contributed by atoms with E-state index < -0.39 is 0 Å². The Morgan fingerprint density at radius 3 is 1.87 bits per heavy atom. The van der Waals surface area contributed by atoms with Crippen molar-refractivity contribution in [2.45, 2.75) is 0 Å². The van der Waals surface area contributed by atoms with E-state index in [1.165, 1.54) is 39.4 Å². The van der Waals surface area contributed by atoms with Gasteiger partial charge in [-0.2, -0.15) is 0 Å². The molecule has 4 heteroatoms. The van der Waals surface area contributed by atoms with E-state index >= 15 is 0 Å². The maximum absolute atomic E-state index is 3.43. The van der Waals surface area contributed by atoms with Crippen LogP contribution in [0.1, 0.15) is 11.1 Å². The fourth-order valence-electron chi connectivity index (χ4n) is 4.11. The minimum Gasteiger partial charge on any atom is -0.378 e. The van der Waals surface area contributed by atoms with E-state index in [0.717, 1.165) is 26.2 Å². The molecule has 0 unspecified atom stereocenters.